The van der Waals surface area contributed by atoms with Crippen molar-refractivity contribution < 1.29 is 9.90 Å². The first-order chi connectivity index (χ1) is 8.61. The molecule has 2 N–H and O–H groups in total. The van der Waals surface area contributed by atoms with E-state index in [2.05, 4.69) is 27.3 Å². The average Bonchev–Trinajstić information content (AvgIpc) is 2.71. The Bertz CT molecular complexity index is 451. The minimum absolute atomic E-state index is 0.0358. The van der Waals surface area contributed by atoms with Gasteiger partial charge in [0.1, 0.15) is 0 Å². The molecule has 0 spiro atoms. The molecule has 1 unspecified atom stereocenters. The van der Waals surface area contributed by atoms with E-state index < -0.39 is 0 Å². The molecule has 1 heterocycles. The number of amides is 2. The van der Waals surface area contributed by atoms with Gasteiger partial charge >= 0.3 is 6.03 Å². The Morgan fingerprint density at radius 2 is 2.33 bits per heavy atom. The Hall–Kier alpha value is -1.07. The number of rotatable bonds is 4. The summed E-state index contributed by atoms with van der Waals surface area (Å²) in [7, 11) is 0. The van der Waals surface area contributed by atoms with Crippen LogP contribution >= 0.6 is 15.9 Å². The summed E-state index contributed by atoms with van der Waals surface area (Å²) in [6.07, 6.45) is 0.623. The Kier molecular flexibility index (Phi) is 4.24. The van der Waals surface area contributed by atoms with Gasteiger partial charge in [-0.05, 0) is 36.6 Å². The van der Waals surface area contributed by atoms with Gasteiger partial charge in [0, 0.05) is 24.2 Å². The summed E-state index contributed by atoms with van der Waals surface area (Å²) in [6, 6.07) is 6.08. The smallest absolute Gasteiger partial charge is 0.318 e. The van der Waals surface area contributed by atoms with E-state index in [-0.39, 0.29) is 18.7 Å². The number of hydrogen-bond donors (Lipinski definition) is 2. The number of nitrogens with one attached hydrogen (secondary N) is 1. The van der Waals surface area contributed by atoms with Crippen LogP contribution < -0.4 is 5.32 Å². The van der Waals surface area contributed by atoms with Crippen LogP contribution in [0.1, 0.15) is 23.6 Å². The molecule has 5 heteroatoms. The number of carbonyl (C=O) groups is 1. The van der Waals surface area contributed by atoms with E-state index in [1.54, 1.807) is 4.90 Å². The first-order valence-corrected chi connectivity index (χ1v) is 6.83. The van der Waals surface area contributed by atoms with Crippen LogP contribution in [0.2, 0.25) is 0 Å². The van der Waals surface area contributed by atoms with Crippen LogP contribution in [0.25, 0.3) is 0 Å². The van der Waals surface area contributed by atoms with Gasteiger partial charge in [-0.2, -0.15) is 0 Å². The third-order valence-corrected chi connectivity index (χ3v) is 3.68. The first kappa shape index (κ1) is 13.4. The number of benzene rings is 1. The molecule has 98 valence electrons. The van der Waals surface area contributed by atoms with Crippen molar-refractivity contribution in [3.8, 4) is 0 Å². The van der Waals surface area contributed by atoms with E-state index in [0.29, 0.717) is 19.5 Å². The van der Waals surface area contributed by atoms with E-state index in [1.165, 1.54) is 5.56 Å². The molecule has 4 nitrogen and oxygen atoms in total. The van der Waals surface area contributed by atoms with E-state index in [1.807, 2.05) is 19.1 Å². The third-order valence-electron chi connectivity index (χ3n) is 3.19. The number of carbonyl (C=O) groups excluding carboxylic acids is 1. The van der Waals surface area contributed by atoms with Gasteiger partial charge in [-0.15, -0.1) is 0 Å². The molecule has 0 radical (unpaired) electrons. The highest BCUT2D eigenvalue weighted by atomic mass is 79.9. The largest absolute Gasteiger partial charge is 0.396 e. The predicted molar refractivity (Wildman–Crippen MR) is 73.4 cm³/mol. The van der Waals surface area contributed by atoms with Crippen LogP contribution in [0, 0.1) is 6.92 Å². The molecule has 1 aliphatic rings. The van der Waals surface area contributed by atoms with Gasteiger partial charge in [0.2, 0.25) is 0 Å². The van der Waals surface area contributed by atoms with E-state index in [9.17, 15) is 4.79 Å². The van der Waals surface area contributed by atoms with Gasteiger partial charge in [0.15, 0.2) is 0 Å². The van der Waals surface area contributed by atoms with Gasteiger partial charge < -0.3 is 15.3 Å². The van der Waals surface area contributed by atoms with Gasteiger partial charge in [0.05, 0.1) is 6.04 Å². The summed E-state index contributed by atoms with van der Waals surface area (Å²) in [5.41, 5.74) is 2.32. The molecular weight excluding hydrogens is 296 g/mol. The predicted octanol–water partition coefficient (Wildman–Crippen LogP) is 2.21. The molecule has 1 aromatic rings. The van der Waals surface area contributed by atoms with E-state index in [4.69, 9.17) is 5.11 Å². The average molecular weight is 313 g/mol. The van der Waals surface area contributed by atoms with Crippen molar-refractivity contribution in [2.45, 2.75) is 19.4 Å². The van der Waals surface area contributed by atoms with Crippen LogP contribution in [-0.2, 0) is 0 Å². The fourth-order valence-corrected chi connectivity index (χ4v) is 2.59. The maximum Gasteiger partial charge on any atom is 0.318 e. The van der Waals surface area contributed by atoms with Crippen molar-refractivity contribution in [1.29, 1.82) is 0 Å². The molecule has 2 rings (SSSR count). The van der Waals surface area contributed by atoms with Crippen LogP contribution in [0.15, 0.2) is 22.7 Å². The summed E-state index contributed by atoms with van der Waals surface area (Å²) < 4.78 is 1.02. The Labute approximate surface area is 115 Å². The molecule has 1 aromatic carbocycles. The van der Waals surface area contributed by atoms with Crippen LogP contribution in [0.3, 0.4) is 0 Å². The normalized spacial score (nSPS) is 19.2. The van der Waals surface area contributed by atoms with Crippen LogP contribution in [0.5, 0.6) is 0 Å². The molecule has 1 saturated heterocycles. The van der Waals surface area contributed by atoms with Gasteiger partial charge in [0.25, 0.3) is 0 Å². The summed E-state index contributed by atoms with van der Waals surface area (Å²) in [4.78, 5) is 13.5. The lowest BCUT2D eigenvalue weighted by Gasteiger charge is -2.15. The number of nitrogens with zero attached hydrogens (tertiary/aromatic N) is 1. The summed E-state index contributed by atoms with van der Waals surface area (Å²) in [5.74, 6) is 0. The van der Waals surface area contributed by atoms with Gasteiger partial charge in [-0.25, -0.2) is 4.79 Å². The third kappa shape index (κ3) is 2.84. The molecule has 2 amide bonds. The Morgan fingerprint density at radius 3 is 3.06 bits per heavy atom. The van der Waals surface area contributed by atoms with E-state index in [0.717, 1.165) is 10.0 Å². The Morgan fingerprint density at radius 1 is 1.56 bits per heavy atom. The number of aliphatic hydroxyl groups excluding tert-OH is 1. The lowest BCUT2D eigenvalue weighted by atomic mass is 10.0. The second-order valence-corrected chi connectivity index (χ2v) is 5.44. The zero-order valence-electron chi connectivity index (χ0n) is 10.3. The summed E-state index contributed by atoms with van der Waals surface area (Å²) >= 11 is 3.46. The van der Waals surface area contributed by atoms with Crippen LogP contribution in [0.4, 0.5) is 4.79 Å². The van der Waals surface area contributed by atoms with Crippen molar-refractivity contribution in [2.75, 3.05) is 19.7 Å². The maximum absolute atomic E-state index is 11.8. The number of hydrogen-bond acceptors (Lipinski definition) is 2. The Balaban J connectivity index is 2.11. The lowest BCUT2D eigenvalue weighted by Crippen LogP contribution is -2.29. The maximum atomic E-state index is 11.8. The quantitative estimate of drug-likeness (QED) is 0.895. The topological polar surface area (TPSA) is 52.6 Å². The molecule has 1 aliphatic heterocycles. The fourth-order valence-electron chi connectivity index (χ4n) is 2.21. The summed E-state index contributed by atoms with van der Waals surface area (Å²) in [6.45, 7) is 3.43. The highest BCUT2D eigenvalue weighted by Gasteiger charge is 2.29. The molecular formula is C13H17BrN2O2. The van der Waals surface area contributed by atoms with E-state index >= 15 is 0 Å². The van der Waals surface area contributed by atoms with Gasteiger partial charge in [-0.3, -0.25) is 0 Å². The molecule has 0 bridgehead atoms. The number of aryl methyl sites for hydroxylation is 1. The molecule has 0 aromatic heterocycles. The molecule has 18 heavy (non-hydrogen) atoms. The number of halogens is 1. The van der Waals surface area contributed by atoms with Crippen LogP contribution in [-0.4, -0.2) is 35.7 Å². The SMILES string of the molecule is Cc1ccc(Br)cc1C1CN(CCCO)C(=O)N1. The second-order valence-electron chi connectivity index (χ2n) is 4.53. The van der Waals surface area contributed by atoms with Crippen molar-refractivity contribution in [2.24, 2.45) is 0 Å². The van der Waals surface area contributed by atoms with Crippen molar-refractivity contribution >= 4 is 22.0 Å². The zero-order valence-corrected chi connectivity index (χ0v) is 11.9. The summed E-state index contributed by atoms with van der Waals surface area (Å²) in [5, 5.41) is 11.8. The van der Waals surface area contributed by atoms with Gasteiger partial charge in [-0.1, -0.05) is 22.0 Å². The first-order valence-electron chi connectivity index (χ1n) is 6.04. The fraction of sp³-hybridized carbons (Fsp3) is 0.462. The standard InChI is InChI=1S/C13H17BrN2O2/c1-9-3-4-10(14)7-11(9)12-8-16(5-2-6-17)13(18)15-12/h3-4,7,12,17H,2,5-6,8H2,1H3,(H,15,18). The molecule has 1 atom stereocenters. The molecule has 1 fully saturated rings. The number of aliphatic hydroxyl groups is 1. The number of urea groups is 1. The van der Waals surface area contributed by atoms with Crippen molar-refractivity contribution in [1.82, 2.24) is 10.2 Å². The second kappa shape index (κ2) is 5.71. The monoisotopic (exact) mass is 312 g/mol. The molecule has 0 aliphatic carbocycles. The molecule has 0 saturated carbocycles. The highest BCUT2D eigenvalue weighted by molar-refractivity contribution is 9.10. The van der Waals surface area contributed by atoms with Crippen molar-refractivity contribution in [3.63, 3.8) is 0 Å². The minimum Gasteiger partial charge on any atom is -0.396 e. The highest BCUT2D eigenvalue weighted by Crippen LogP contribution is 2.26. The lowest BCUT2D eigenvalue weighted by molar-refractivity contribution is 0.209. The van der Waals surface area contributed by atoms with Crippen molar-refractivity contribution in [3.05, 3.63) is 33.8 Å². The minimum atomic E-state index is -0.0483. The zero-order chi connectivity index (χ0) is 13.1.